The number of anilines is 1. The van der Waals surface area contributed by atoms with Gasteiger partial charge in [0.2, 0.25) is 5.91 Å². The van der Waals surface area contributed by atoms with Crippen molar-refractivity contribution in [2.45, 2.75) is 18.3 Å². The third-order valence-electron chi connectivity index (χ3n) is 5.87. The van der Waals surface area contributed by atoms with Gasteiger partial charge in [-0.05, 0) is 48.2 Å². The van der Waals surface area contributed by atoms with Gasteiger partial charge in [0.1, 0.15) is 11.5 Å². The molecule has 1 aliphatic carbocycles. The van der Waals surface area contributed by atoms with Crippen LogP contribution in [0.3, 0.4) is 0 Å². The van der Waals surface area contributed by atoms with E-state index < -0.39 is 5.41 Å². The van der Waals surface area contributed by atoms with Gasteiger partial charge in [-0.2, -0.15) is 0 Å². The van der Waals surface area contributed by atoms with Crippen LogP contribution in [0.1, 0.15) is 27.2 Å². The van der Waals surface area contributed by atoms with Crippen molar-refractivity contribution in [2.24, 2.45) is 0 Å². The minimum Gasteiger partial charge on any atom is -0.377 e. The first-order valence-electron chi connectivity index (χ1n) is 10.00. The number of benzene rings is 1. The molecule has 0 saturated carbocycles. The quantitative estimate of drug-likeness (QED) is 0.628. The lowest BCUT2D eigenvalue weighted by molar-refractivity contribution is -0.120. The van der Waals surface area contributed by atoms with Gasteiger partial charge < -0.3 is 14.8 Å². The summed E-state index contributed by atoms with van der Waals surface area (Å²) < 4.78 is 9.89. The lowest BCUT2D eigenvalue weighted by Crippen LogP contribution is -2.35. The van der Waals surface area contributed by atoms with E-state index in [-0.39, 0.29) is 5.91 Å². The van der Waals surface area contributed by atoms with E-state index >= 15 is 0 Å². The molecule has 2 aliphatic heterocycles. The van der Waals surface area contributed by atoms with E-state index in [1.807, 2.05) is 24.3 Å². The smallest absolute Gasteiger partial charge is 0.237 e. The van der Waals surface area contributed by atoms with Crippen LogP contribution in [0.2, 0.25) is 0 Å². The Balaban J connectivity index is 0.000000279. The summed E-state index contributed by atoms with van der Waals surface area (Å²) in [6.45, 7) is 3.11. The first kappa shape index (κ1) is 18.8. The van der Waals surface area contributed by atoms with Gasteiger partial charge >= 0.3 is 0 Å². The first-order valence-corrected chi connectivity index (χ1v) is 10.00. The van der Waals surface area contributed by atoms with Crippen LogP contribution >= 0.6 is 0 Å². The molecule has 6 rings (SSSR count). The molecule has 1 spiro atoms. The fourth-order valence-corrected chi connectivity index (χ4v) is 4.42. The molecule has 3 aliphatic rings. The molecule has 30 heavy (non-hydrogen) atoms. The van der Waals surface area contributed by atoms with Gasteiger partial charge in [0.25, 0.3) is 0 Å². The van der Waals surface area contributed by atoms with E-state index in [0.717, 1.165) is 60.3 Å². The Morgan fingerprint density at radius 1 is 1.00 bits per heavy atom. The summed E-state index contributed by atoms with van der Waals surface area (Å²) in [4.78, 5) is 32.3. The van der Waals surface area contributed by atoms with Gasteiger partial charge in [0.15, 0.2) is 6.29 Å². The molecule has 4 heterocycles. The molecular weight excluding hydrogens is 382 g/mol. The van der Waals surface area contributed by atoms with Crippen LogP contribution < -0.4 is 5.32 Å². The number of hydrogen-bond acceptors (Lipinski definition) is 6. The van der Waals surface area contributed by atoms with Crippen LogP contribution in [0.15, 0.2) is 42.6 Å². The molecule has 0 bridgehead atoms. The average molecular weight is 403 g/mol. The van der Waals surface area contributed by atoms with Crippen molar-refractivity contribution < 1.29 is 19.1 Å². The highest BCUT2D eigenvalue weighted by Gasteiger charge is 2.51. The highest BCUT2D eigenvalue weighted by Crippen LogP contribution is 2.47. The Kier molecular flexibility index (Phi) is 4.77. The molecule has 1 N–H and O–H groups in total. The summed E-state index contributed by atoms with van der Waals surface area (Å²) >= 11 is 0. The Morgan fingerprint density at radius 2 is 1.73 bits per heavy atom. The molecule has 3 aromatic rings. The number of pyridine rings is 2. The predicted octanol–water partition coefficient (Wildman–Crippen LogP) is 2.46. The van der Waals surface area contributed by atoms with Crippen molar-refractivity contribution in [1.29, 1.82) is 0 Å². The van der Waals surface area contributed by atoms with Crippen molar-refractivity contribution in [1.82, 2.24) is 9.97 Å². The zero-order chi connectivity index (χ0) is 20.6. The number of fused-ring (bicyclic) bond motifs is 4. The van der Waals surface area contributed by atoms with Crippen LogP contribution in [-0.4, -0.2) is 48.6 Å². The summed E-state index contributed by atoms with van der Waals surface area (Å²) in [7, 11) is 0. The fourth-order valence-electron chi connectivity index (χ4n) is 4.42. The zero-order valence-electron chi connectivity index (χ0n) is 16.4. The maximum absolute atomic E-state index is 12.7. The maximum Gasteiger partial charge on any atom is 0.237 e. The average Bonchev–Trinajstić information content (AvgIpc) is 3.30. The monoisotopic (exact) mass is 403 g/mol. The number of nitrogens with one attached hydrogen (secondary N) is 1. The Hall–Kier alpha value is -3.16. The van der Waals surface area contributed by atoms with Crippen LogP contribution in [0.5, 0.6) is 0 Å². The minimum absolute atomic E-state index is 0.0120. The number of carbonyl (C=O) groups excluding carboxylic acids is 2. The van der Waals surface area contributed by atoms with E-state index in [2.05, 4.69) is 21.4 Å². The fraction of sp³-hybridized carbons (Fsp3) is 0.304. The lowest BCUT2D eigenvalue weighted by Gasteiger charge is -2.20. The van der Waals surface area contributed by atoms with Gasteiger partial charge in [-0.15, -0.1) is 0 Å². The molecule has 0 radical (unpaired) electrons. The molecule has 2 aromatic heterocycles. The standard InChI is InChI=1S/C19H13N3O2.C4H8O2/c23-10-14-4-3-11-6-12-8-19(9-13(12)7-16(11)21-14)15-2-1-5-20-17(15)22-18(19)24;1-2-6-4-3-5-1/h1-7,10H,8-9H2,(H,20,22,24);1-4H2/t19-;/m0./s1. The van der Waals surface area contributed by atoms with Crippen molar-refractivity contribution >= 4 is 28.9 Å². The molecule has 7 heteroatoms. The number of ether oxygens (including phenoxy) is 2. The second-order valence-electron chi connectivity index (χ2n) is 7.68. The van der Waals surface area contributed by atoms with Gasteiger partial charge in [-0.3, -0.25) is 9.59 Å². The number of hydrogen-bond donors (Lipinski definition) is 1. The summed E-state index contributed by atoms with van der Waals surface area (Å²) in [5.41, 5.74) is 3.89. The van der Waals surface area contributed by atoms with Gasteiger partial charge in [-0.1, -0.05) is 12.1 Å². The molecule has 1 aromatic carbocycles. The van der Waals surface area contributed by atoms with Crippen LogP contribution in [-0.2, 0) is 32.5 Å². The van der Waals surface area contributed by atoms with E-state index in [1.165, 1.54) is 0 Å². The number of aldehydes is 1. The number of nitrogens with zero attached hydrogens (tertiary/aromatic N) is 2. The van der Waals surface area contributed by atoms with Crippen LogP contribution in [0.25, 0.3) is 10.9 Å². The highest BCUT2D eigenvalue weighted by atomic mass is 16.6. The molecule has 1 atom stereocenters. The van der Waals surface area contributed by atoms with E-state index in [1.54, 1.807) is 12.3 Å². The molecular formula is C23H21N3O4. The minimum atomic E-state index is -0.573. The number of amides is 1. The van der Waals surface area contributed by atoms with E-state index in [0.29, 0.717) is 24.4 Å². The topological polar surface area (TPSA) is 90.4 Å². The van der Waals surface area contributed by atoms with E-state index in [4.69, 9.17) is 9.47 Å². The maximum atomic E-state index is 12.7. The summed E-state index contributed by atoms with van der Waals surface area (Å²) in [6.07, 6.45) is 3.74. The summed E-state index contributed by atoms with van der Waals surface area (Å²) in [6, 6.07) is 11.6. The molecule has 0 unspecified atom stereocenters. The van der Waals surface area contributed by atoms with Crippen LogP contribution in [0.4, 0.5) is 5.82 Å². The molecule has 7 nitrogen and oxygen atoms in total. The summed E-state index contributed by atoms with van der Waals surface area (Å²) in [5.74, 6) is 0.680. The number of aromatic nitrogens is 2. The first-order chi connectivity index (χ1) is 14.7. The second kappa shape index (κ2) is 7.59. The number of rotatable bonds is 1. The van der Waals surface area contributed by atoms with Crippen molar-refractivity contribution in [3.05, 3.63) is 65.0 Å². The van der Waals surface area contributed by atoms with Crippen molar-refractivity contribution in [3.8, 4) is 0 Å². The normalized spacial score (nSPS) is 21.5. The summed E-state index contributed by atoms with van der Waals surface area (Å²) in [5, 5.41) is 3.90. The SMILES string of the molecule is C1COCCO1.O=Cc1ccc2cc3c(cc2n1)C[C@]1(C3)C(=O)Nc2ncccc21. The second-order valence-corrected chi connectivity index (χ2v) is 7.68. The Morgan fingerprint density at radius 3 is 2.43 bits per heavy atom. The zero-order valence-corrected chi connectivity index (χ0v) is 16.4. The molecule has 1 amide bonds. The van der Waals surface area contributed by atoms with E-state index in [9.17, 15) is 9.59 Å². The number of carbonyl (C=O) groups is 2. The molecule has 152 valence electrons. The molecule has 1 fully saturated rings. The van der Waals surface area contributed by atoms with Gasteiger partial charge in [-0.25, -0.2) is 9.97 Å². The Labute approximate surface area is 173 Å². The van der Waals surface area contributed by atoms with Crippen LogP contribution in [0, 0.1) is 0 Å². The third kappa shape index (κ3) is 3.16. The Bertz CT molecular complexity index is 1130. The van der Waals surface area contributed by atoms with Crippen molar-refractivity contribution in [3.63, 3.8) is 0 Å². The predicted molar refractivity (Wildman–Crippen MR) is 111 cm³/mol. The largest absolute Gasteiger partial charge is 0.377 e. The van der Waals surface area contributed by atoms with Gasteiger partial charge in [0.05, 0.1) is 37.4 Å². The highest BCUT2D eigenvalue weighted by molar-refractivity contribution is 6.06. The lowest BCUT2D eigenvalue weighted by atomic mass is 9.79. The molecule has 1 saturated heterocycles. The third-order valence-corrected chi connectivity index (χ3v) is 5.87. The van der Waals surface area contributed by atoms with Gasteiger partial charge in [0, 0.05) is 17.1 Å². The van der Waals surface area contributed by atoms with Crippen molar-refractivity contribution in [2.75, 3.05) is 31.7 Å².